The van der Waals surface area contributed by atoms with Crippen LogP contribution in [0.25, 0.3) is 0 Å². The molecule has 3 aliphatic heterocycles. The smallest absolute Gasteiger partial charge is 0.271 e. The number of thioether (sulfide) groups is 1. The van der Waals surface area contributed by atoms with Gasteiger partial charge in [-0.25, -0.2) is 4.99 Å². The van der Waals surface area contributed by atoms with Crippen LogP contribution in [0.4, 0.5) is 5.69 Å². The fourth-order valence-corrected chi connectivity index (χ4v) is 5.95. The Morgan fingerprint density at radius 2 is 1.79 bits per heavy atom. The zero-order valence-corrected chi connectivity index (χ0v) is 23.8. The molecule has 0 aromatic heterocycles. The number of fused-ring (bicyclic) bond motifs is 4. The van der Waals surface area contributed by atoms with Crippen molar-refractivity contribution in [2.75, 3.05) is 19.1 Å². The number of hydrogen-bond acceptors (Lipinski definition) is 8. The largest absolute Gasteiger partial charge is 0.454 e. The van der Waals surface area contributed by atoms with Crippen molar-refractivity contribution in [1.29, 1.82) is 0 Å². The van der Waals surface area contributed by atoms with E-state index < -0.39 is 11.9 Å². The number of para-hydroxylation sites is 1. The molecule has 10 nitrogen and oxygen atoms in total. The van der Waals surface area contributed by atoms with Gasteiger partial charge in [0, 0.05) is 25.2 Å². The van der Waals surface area contributed by atoms with E-state index in [1.54, 1.807) is 15.9 Å². The lowest BCUT2D eigenvalue weighted by atomic mass is 10.1. The first kappa shape index (κ1) is 27.5. The summed E-state index contributed by atoms with van der Waals surface area (Å²) in [5, 5.41) is 3.36. The maximum absolute atomic E-state index is 13.2. The minimum atomic E-state index is -0.863. The number of ether oxygens (including phenoxy) is 2. The summed E-state index contributed by atoms with van der Waals surface area (Å²) in [5.74, 6) is 1.11. The molecule has 6 rings (SSSR count). The molecule has 3 amide bonds. The van der Waals surface area contributed by atoms with Gasteiger partial charge >= 0.3 is 0 Å². The summed E-state index contributed by atoms with van der Waals surface area (Å²) in [5.41, 5.74) is 3.28. The Kier molecular flexibility index (Phi) is 7.91. The maximum Gasteiger partial charge on any atom is 0.271 e. The Morgan fingerprint density at radius 3 is 2.62 bits per heavy atom. The van der Waals surface area contributed by atoms with Crippen molar-refractivity contribution < 1.29 is 23.9 Å². The van der Waals surface area contributed by atoms with Crippen molar-refractivity contribution in [3.63, 3.8) is 0 Å². The van der Waals surface area contributed by atoms with Crippen LogP contribution in [0.15, 0.2) is 82.8 Å². The number of hydrogen-bond donors (Lipinski definition) is 1. The third-order valence-electron chi connectivity index (χ3n) is 7.19. The van der Waals surface area contributed by atoms with E-state index in [1.807, 2.05) is 73.7 Å². The number of amides is 3. The monoisotopic (exact) mass is 583 g/mol. The highest BCUT2D eigenvalue weighted by Gasteiger charge is 2.43. The number of carbonyl (C=O) groups is 3. The van der Waals surface area contributed by atoms with Gasteiger partial charge in [0.25, 0.3) is 5.91 Å². The van der Waals surface area contributed by atoms with Crippen molar-refractivity contribution >= 4 is 46.2 Å². The second kappa shape index (κ2) is 12.1. The number of benzene rings is 3. The third-order valence-corrected chi connectivity index (χ3v) is 8.13. The van der Waals surface area contributed by atoms with Crippen molar-refractivity contribution in [2.45, 2.75) is 32.5 Å². The van der Waals surface area contributed by atoms with E-state index in [9.17, 15) is 14.4 Å². The van der Waals surface area contributed by atoms with Crippen LogP contribution in [0.3, 0.4) is 0 Å². The second-order valence-electron chi connectivity index (χ2n) is 9.92. The second-order valence-corrected chi connectivity index (χ2v) is 10.9. The van der Waals surface area contributed by atoms with Crippen molar-refractivity contribution in [2.24, 2.45) is 9.98 Å². The van der Waals surface area contributed by atoms with Crippen LogP contribution in [0.5, 0.6) is 11.5 Å². The van der Waals surface area contributed by atoms with E-state index in [0.717, 1.165) is 11.1 Å². The van der Waals surface area contributed by atoms with Crippen LogP contribution in [0.1, 0.15) is 30.0 Å². The van der Waals surface area contributed by atoms with Crippen molar-refractivity contribution in [3.05, 3.63) is 89.5 Å². The highest BCUT2D eigenvalue weighted by molar-refractivity contribution is 8.14. The van der Waals surface area contributed by atoms with Gasteiger partial charge in [-0.15, -0.1) is 0 Å². The number of nitrogens with one attached hydrogen (secondary N) is 1. The zero-order valence-electron chi connectivity index (χ0n) is 23.0. The first-order valence-corrected chi connectivity index (χ1v) is 14.7. The number of aliphatic imine (C=N–C) groups is 2. The highest BCUT2D eigenvalue weighted by atomic mass is 32.2. The molecule has 3 aliphatic rings. The molecule has 1 unspecified atom stereocenters. The third kappa shape index (κ3) is 5.73. The number of amidine groups is 2. The predicted molar refractivity (Wildman–Crippen MR) is 160 cm³/mol. The average molecular weight is 584 g/mol. The Labute approximate surface area is 247 Å². The minimum Gasteiger partial charge on any atom is -0.454 e. The SMILES string of the molecule is CCN(Cc1ccccc1)C(=O)CSC1=Nc2ccccc2C2=NC(=O)C(CC(=O)NCc3ccc4c(c3)OCO4)N12. The first-order valence-electron chi connectivity index (χ1n) is 13.7. The predicted octanol–water partition coefficient (Wildman–Crippen LogP) is 3.86. The van der Waals surface area contributed by atoms with Crippen LogP contribution < -0.4 is 14.8 Å². The summed E-state index contributed by atoms with van der Waals surface area (Å²) < 4.78 is 10.8. The van der Waals surface area contributed by atoms with Gasteiger partial charge in [0.05, 0.1) is 17.9 Å². The van der Waals surface area contributed by atoms with Gasteiger partial charge in [0.1, 0.15) is 11.9 Å². The molecular weight excluding hydrogens is 554 g/mol. The molecule has 214 valence electrons. The van der Waals surface area contributed by atoms with Crippen LogP contribution in [0.2, 0.25) is 0 Å². The lowest BCUT2D eigenvalue weighted by Gasteiger charge is -2.31. The van der Waals surface area contributed by atoms with Crippen molar-refractivity contribution in [1.82, 2.24) is 15.1 Å². The summed E-state index contributed by atoms with van der Waals surface area (Å²) in [6, 6.07) is 21.9. The van der Waals surface area contributed by atoms with Gasteiger partial charge in [0.15, 0.2) is 16.7 Å². The summed E-state index contributed by atoms with van der Waals surface area (Å²) in [7, 11) is 0. The van der Waals surface area contributed by atoms with Gasteiger partial charge in [-0.05, 0) is 42.3 Å². The number of rotatable bonds is 9. The van der Waals surface area contributed by atoms with Crippen LogP contribution in [-0.2, 0) is 27.5 Å². The molecule has 0 saturated carbocycles. The maximum atomic E-state index is 13.2. The highest BCUT2D eigenvalue weighted by Crippen LogP contribution is 2.35. The van der Waals surface area contributed by atoms with Crippen LogP contribution in [0, 0.1) is 0 Å². The van der Waals surface area contributed by atoms with E-state index in [1.165, 1.54) is 11.8 Å². The molecule has 0 bridgehead atoms. The molecule has 11 heteroatoms. The average Bonchev–Trinajstić information content (AvgIpc) is 3.62. The fourth-order valence-electron chi connectivity index (χ4n) is 5.00. The standard InChI is InChI=1S/C31H29N5O5S/c1-2-35(17-20-8-4-3-5-9-20)28(38)18-42-31-33-23-11-7-6-10-22(23)29-34-30(39)24(36(29)31)15-27(37)32-16-21-12-13-25-26(14-21)41-19-40-25/h3-14,24H,2,15-19H2,1H3,(H,32,37). The number of carbonyl (C=O) groups excluding carboxylic acids is 3. The van der Waals surface area contributed by atoms with Gasteiger partial charge in [-0.3, -0.25) is 19.3 Å². The van der Waals surface area contributed by atoms with E-state index in [-0.39, 0.29) is 37.3 Å². The molecule has 3 heterocycles. The van der Waals surface area contributed by atoms with E-state index in [2.05, 4.69) is 10.3 Å². The molecule has 0 aliphatic carbocycles. The van der Waals surface area contributed by atoms with Gasteiger partial charge in [-0.2, -0.15) is 4.99 Å². The Hall–Kier alpha value is -4.64. The topological polar surface area (TPSA) is 113 Å². The normalized spacial score (nSPS) is 16.4. The first-order chi connectivity index (χ1) is 20.5. The van der Waals surface area contributed by atoms with E-state index in [4.69, 9.17) is 14.5 Å². The molecule has 0 radical (unpaired) electrons. The Bertz CT molecular complexity index is 1590. The zero-order chi connectivity index (χ0) is 29.1. The van der Waals surface area contributed by atoms with Gasteiger partial charge in [0.2, 0.25) is 18.6 Å². The minimum absolute atomic E-state index is 0.0463. The molecule has 3 aromatic rings. The lowest BCUT2D eigenvalue weighted by Crippen LogP contribution is -2.46. The molecule has 0 fully saturated rings. The van der Waals surface area contributed by atoms with Crippen molar-refractivity contribution in [3.8, 4) is 11.5 Å². The van der Waals surface area contributed by atoms with E-state index >= 15 is 0 Å². The fraction of sp³-hybridized carbons (Fsp3) is 0.258. The molecule has 3 aromatic carbocycles. The molecule has 1 N–H and O–H groups in total. The molecule has 0 spiro atoms. The van der Waals surface area contributed by atoms with Crippen LogP contribution >= 0.6 is 11.8 Å². The molecular formula is C31H29N5O5S. The quantitative estimate of drug-likeness (QED) is 0.407. The summed E-state index contributed by atoms with van der Waals surface area (Å²) >= 11 is 1.25. The van der Waals surface area contributed by atoms with E-state index in [0.29, 0.717) is 46.8 Å². The van der Waals surface area contributed by atoms with Gasteiger partial charge in [-0.1, -0.05) is 60.3 Å². The number of nitrogens with zero attached hydrogens (tertiary/aromatic N) is 4. The molecule has 1 atom stereocenters. The molecule has 0 saturated heterocycles. The molecule has 42 heavy (non-hydrogen) atoms. The summed E-state index contributed by atoms with van der Waals surface area (Å²) in [6.45, 7) is 3.46. The van der Waals surface area contributed by atoms with Crippen LogP contribution in [-0.4, -0.2) is 63.7 Å². The Balaban J connectivity index is 1.15. The Morgan fingerprint density at radius 1 is 1.00 bits per heavy atom. The summed E-state index contributed by atoms with van der Waals surface area (Å²) in [6.07, 6.45) is -0.110. The van der Waals surface area contributed by atoms with Gasteiger partial charge < -0.3 is 19.7 Å². The lowest BCUT2D eigenvalue weighted by molar-refractivity contribution is -0.128. The summed E-state index contributed by atoms with van der Waals surface area (Å²) in [4.78, 5) is 52.0.